The first kappa shape index (κ1) is 17.9. The lowest BCUT2D eigenvalue weighted by Crippen LogP contribution is -2.35. The molecule has 2 aromatic rings. The molecule has 3 rings (SSSR count). The number of aliphatic hydroxyl groups excluding tert-OH is 1. The zero-order valence-electron chi connectivity index (χ0n) is 12.1. The molecule has 1 amide bonds. The van der Waals surface area contributed by atoms with Crippen molar-refractivity contribution in [2.24, 2.45) is 0 Å². The van der Waals surface area contributed by atoms with Crippen molar-refractivity contribution in [1.29, 1.82) is 0 Å². The van der Waals surface area contributed by atoms with Crippen LogP contribution in [0.5, 0.6) is 0 Å². The van der Waals surface area contributed by atoms with Crippen LogP contribution in [0.4, 0.5) is 5.95 Å². The molecule has 1 fully saturated rings. The van der Waals surface area contributed by atoms with Gasteiger partial charge in [-0.25, -0.2) is 9.67 Å². The maximum Gasteiger partial charge on any atom is 0.248 e. The summed E-state index contributed by atoms with van der Waals surface area (Å²) in [5.41, 5.74) is 1.08. The van der Waals surface area contributed by atoms with Gasteiger partial charge in [-0.2, -0.15) is 0 Å². The number of benzene rings is 1. The van der Waals surface area contributed by atoms with E-state index in [1.54, 1.807) is 11.0 Å². The number of rotatable bonds is 4. The molecule has 1 aromatic carbocycles. The van der Waals surface area contributed by atoms with Crippen molar-refractivity contribution >= 4 is 40.2 Å². The summed E-state index contributed by atoms with van der Waals surface area (Å²) in [5, 5.41) is 19.3. The van der Waals surface area contributed by atoms with Gasteiger partial charge in [0.25, 0.3) is 0 Å². The maximum atomic E-state index is 12.0. The zero-order valence-corrected chi connectivity index (χ0v) is 14.5. The second kappa shape index (κ2) is 7.87. The van der Waals surface area contributed by atoms with Gasteiger partial charge in [-0.15, -0.1) is 17.5 Å². The molecule has 9 heteroatoms. The third kappa shape index (κ3) is 4.74. The Balaban J connectivity index is 0.00000192. The molecule has 1 saturated heterocycles. The number of nitrogens with one attached hydrogen (secondary N) is 2. The van der Waals surface area contributed by atoms with Crippen LogP contribution in [-0.4, -0.2) is 44.5 Å². The number of aliphatic hydroxyl groups is 1. The Hall–Kier alpha value is -1.48. The standard InChI is InChI=1S/C14H16BrN5O2.ClH/c15-10-3-1-2-9(4-10)7-20-8-17-14(19-20)18-13(22)12-5-11(21)6-16-12;/h1-4,8,11-12,16,21H,5-7H2,(H,18,19,22);1H. The fourth-order valence-electron chi connectivity index (χ4n) is 2.36. The van der Waals surface area contributed by atoms with Crippen molar-refractivity contribution in [2.75, 3.05) is 11.9 Å². The summed E-state index contributed by atoms with van der Waals surface area (Å²) in [6.07, 6.45) is 1.51. The number of carbonyl (C=O) groups excluding carboxylic acids is 1. The van der Waals surface area contributed by atoms with E-state index in [1.165, 1.54) is 0 Å². The lowest BCUT2D eigenvalue weighted by molar-refractivity contribution is -0.118. The molecule has 0 aliphatic carbocycles. The van der Waals surface area contributed by atoms with Gasteiger partial charge in [-0.3, -0.25) is 10.1 Å². The van der Waals surface area contributed by atoms with Crippen molar-refractivity contribution in [3.05, 3.63) is 40.6 Å². The molecule has 124 valence electrons. The van der Waals surface area contributed by atoms with Gasteiger partial charge >= 0.3 is 0 Å². The van der Waals surface area contributed by atoms with E-state index in [1.807, 2.05) is 24.3 Å². The topological polar surface area (TPSA) is 92.1 Å². The van der Waals surface area contributed by atoms with E-state index in [0.29, 0.717) is 19.5 Å². The smallest absolute Gasteiger partial charge is 0.248 e. The fourth-order valence-corrected chi connectivity index (χ4v) is 2.81. The first-order valence-electron chi connectivity index (χ1n) is 6.96. The van der Waals surface area contributed by atoms with Gasteiger partial charge in [-0.1, -0.05) is 28.1 Å². The highest BCUT2D eigenvalue weighted by Gasteiger charge is 2.28. The summed E-state index contributed by atoms with van der Waals surface area (Å²) >= 11 is 3.43. The van der Waals surface area contributed by atoms with Crippen LogP contribution < -0.4 is 10.6 Å². The van der Waals surface area contributed by atoms with Crippen LogP contribution in [0.3, 0.4) is 0 Å². The average molecular weight is 403 g/mol. The van der Waals surface area contributed by atoms with Gasteiger partial charge < -0.3 is 10.4 Å². The van der Waals surface area contributed by atoms with Crippen molar-refractivity contribution in [2.45, 2.75) is 25.1 Å². The molecular formula is C14H17BrClN5O2. The Morgan fingerprint density at radius 3 is 3.04 bits per heavy atom. The Morgan fingerprint density at radius 1 is 1.52 bits per heavy atom. The number of hydrogen-bond donors (Lipinski definition) is 3. The van der Waals surface area contributed by atoms with Gasteiger partial charge in [-0.05, 0) is 24.1 Å². The monoisotopic (exact) mass is 401 g/mol. The van der Waals surface area contributed by atoms with Crippen LogP contribution >= 0.6 is 28.3 Å². The Labute approximate surface area is 148 Å². The number of carbonyl (C=O) groups is 1. The van der Waals surface area contributed by atoms with Crippen molar-refractivity contribution in [3.8, 4) is 0 Å². The molecular weight excluding hydrogens is 386 g/mol. The summed E-state index contributed by atoms with van der Waals surface area (Å²) in [4.78, 5) is 16.1. The van der Waals surface area contributed by atoms with Crippen LogP contribution in [0.25, 0.3) is 0 Å². The third-order valence-corrected chi connectivity index (χ3v) is 3.92. The number of hydrogen-bond acceptors (Lipinski definition) is 5. The Bertz CT molecular complexity index is 681. The number of amides is 1. The highest BCUT2D eigenvalue weighted by molar-refractivity contribution is 9.10. The summed E-state index contributed by atoms with van der Waals surface area (Å²) in [6.45, 7) is 1.01. The predicted octanol–water partition coefficient (Wildman–Crippen LogP) is 1.17. The first-order chi connectivity index (χ1) is 10.6. The zero-order chi connectivity index (χ0) is 15.5. The van der Waals surface area contributed by atoms with Crippen LogP contribution in [-0.2, 0) is 11.3 Å². The van der Waals surface area contributed by atoms with E-state index >= 15 is 0 Å². The molecule has 2 unspecified atom stereocenters. The molecule has 0 bridgehead atoms. The molecule has 0 radical (unpaired) electrons. The third-order valence-electron chi connectivity index (χ3n) is 3.43. The predicted molar refractivity (Wildman–Crippen MR) is 91.6 cm³/mol. The van der Waals surface area contributed by atoms with Gasteiger partial charge in [0.05, 0.1) is 18.7 Å². The van der Waals surface area contributed by atoms with Crippen LogP contribution in [0.1, 0.15) is 12.0 Å². The van der Waals surface area contributed by atoms with Gasteiger partial charge in [0, 0.05) is 11.0 Å². The molecule has 3 N–H and O–H groups in total. The van der Waals surface area contributed by atoms with Gasteiger partial charge in [0.15, 0.2) is 0 Å². The fraction of sp³-hybridized carbons (Fsp3) is 0.357. The van der Waals surface area contributed by atoms with E-state index in [4.69, 9.17) is 0 Å². The molecule has 1 aliphatic heterocycles. The lowest BCUT2D eigenvalue weighted by atomic mass is 10.2. The SMILES string of the molecule is Cl.O=C(Nc1ncn(Cc2cccc(Br)c2)n1)C1CC(O)CN1. The Morgan fingerprint density at radius 2 is 2.35 bits per heavy atom. The summed E-state index contributed by atoms with van der Waals surface area (Å²) in [5.74, 6) is 0.0416. The number of nitrogens with zero attached hydrogens (tertiary/aromatic N) is 3. The molecule has 2 atom stereocenters. The quantitative estimate of drug-likeness (QED) is 0.714. The molecule has 1 aromatic heterocycles. The van der Waals surface area contributed by atoms with Crippen molar-refractivity contribution < 1.29 is 9.90 Å². The van der Waals surface area contributed by atoms with E-state index in [2.05, 4.69) is 36.6 Å². The summed E-state index contributed by atoms with van der Waals surface area (Å²) in [6, 6.07) is 7.51. The van der Waals surface area contributed by atoms with Crippen molar-refractivity contribution in [3.63, 3.8) is 0 Å². The summed E-state index contributed by atoms with van der Waals surface area (Å²) < 4.78 is 2.67. The van der Waals surface area contributed by atoms with Gasteiger partial charge in [0.2, 0.25) is 11.9 Å². The normalized spacial score (nSPS) is 20.1. The second-order valence-corrected chi connectivity index (χ2v) is 6.15. The van der Waals surface area contributed by atoms with E-state index in [9.17, 15) is 9.90 Å². The van der Waals surface area contributed by atoms with Crippen molar-refractivity contribution in [1.82, 2.24) is 20.1 Å². The first-order valence-corrected chi connectivity index (χ1v) is 7.75. The van der Waals surface area contributed by atoms with E-state index in [0.717, 1.165) is 10.0 Å². The molecule has 2 heterocycles. The molecule has 23 heavy (non-hydrogen) atoms. The minimum absolute atomic E-state index is 0. The number of β-amino-alcohol motifs (C(OH)–C–C–N with tert-alkyl or cyclic N) is 1. The molecule has 7 nitrogen and oxygen atoms in total. The highest BCUT2D eigenvalue weighted by Crippen LogP contribution is 2.13. The summed E-state index contributed by atoms with van der Waals surface area (Å²) in [7, 11) is 0. The number of anilines is 1. The highest BCUT2D eigenvalue weighted by atomic mass is 79.9. The minimum Gasteiger partial charge on any atom is -0.392 e. The molecule has 0 spiro atoms. The maximum absolute atomic E-state index is 12.0. The van der Waals surface area contributed by atoms with Gasteiger partial charge in [0.1, 0.15) is 6.33 Å². The Kier molecular flexibility index (Phi) is 6.11. The largest absolute Gasteiger partial charge is 0.392 e. The number of halogens is 2. The lowest BCUT2D eigenvalue weighted by Gasteiger charge is -2.08. The average Bonchev–Trinajstić information content (AvgIpc) is 3.08. The van der Waals surface area contributed by atoms with Crippen LogP contribution in [0, 0.1) is 0 Å². The minimum atomic E-state index is -0.474. The van der Waals surface area contributed by atoms with E-state index < -0.39 is 12.1 Å². The van der Waals surface area contributed by atoms with Crippen LogP contribution in [0.2, 0.25) is 0 Å². The molecule has 0 saturated carbocycles. The molecule has 1 aliphatic rings. The van der Waals surface area contributed by atoms with Crippen LogP contribution in [0.15, 0.2) is 35.1 Å². The second-order valence-electron chi connectivity index (χ2n) is 5.24. The van der Waals surface area contributed by atoms with E-state index in [-0.39, 0.29) is 24.3 Å². The number of aromatic nitrogens is 3.